The zero-order chi connectivity index (χ0) is 27.4. The predicted molar refractivity (Wildman–Crippen MR) is 149 cm³/mol. The number of fused-ring (bicyclic) bond motifs is 1. The number of benzene rings is 2. The van der Waals surface area contributed by atoms with Crippen LogP contribution in [-0.4, -0.2) is 36.6 Å². The van der Waals surface area contributed by atoms with Gasteiger partial charge < -0.3 is 14.5 Å². The molecule has 0 saturated carbocycles. The molecule has 1 aliphatic heterocycles. The third-order valence-corrected chi connectivity index (χ3v) is 10.7. The van der Waals surface area contributed by atoms with Gasteiger partial charge in [0.25, 0.3) is 0 Å². The van der Waals surface area contributed by atoms with Gasteiger partial charge >= 0.3 is 7.60 Å². The third kappa shape index (κ3) is 6.21. The summed E-state index contributed by atoms with van der Waals surface area (Å²) in [7, 11) is -6.82. The average Bonchev–Trinajstić information content (AvgIpc) is 2.97. The lowest BCUT2D eigenvalue weighted by molar-refractivity contribution is 0.294. The van der Waals surface area contributed by atoms with E-state index < -0.39 is 29.0 Å². The molecule has 1 aliphatic rings. The van der Waals surface area contributed by atoms with Gasteiger partial charge in [0.2, 0.25) is 0 Å². The van der Waals surface area contributed by atoms with Gasteiger partial charge in [-0.1, -0.05) is 70.9 Å². The van der Waals surface area contributed by atoms with Gasteiger partial charge in [0.05, 0.1) is 23.8 Å². The highest BCUT2D eigenvalue weighted by Crippen LogP contribution is 2.52. The van der Waals surface area contributed by atoms with Crippen molar-refractivity contribution in [3.05, 3.63) is 64.5 Å². The number of nitrogens with one attached hydrogen (secondary N) is 1. The maximum Gasteiger partial charge on any atom is 0.352 e. The Labute approximate surface area is 221 Å². The molecular formula is C28H40NO6PS. The van der Waals surface area contributed by atoms with Gasteiger partial charge in [-0.05, 0) is 54.5 Å². The van der Waals surface area contributed by atoms with Gasteiger partial charge in [-0.25, -0.2) is 8.42 Å². The standard InChI is InChI=1S/C28H40NO6PS/c1-6-10-16-28(9-4)19-37(33,34)26-18-22(21(7-2)25(8-3)36(30,31)32)24(35-5)17-23(26)27(29-28)20-14-12-11-13-15-20/h11-15,17-18,27,29H,6-10,16,19H2,1-5H3,(H2,30,31,32)/t27-,28-/m1/s1. The number of allylic oxidation sites excluding steroid dienone is 2. The molecule has 204 valence electrons. The molecule has 3 N–H and O–H groups in total. The van der Waals surface area contributed by atoms with Gasteiger partial charge in [0, 0.05) is 16.4 Å². The van der Waals surface area contributed by atoms with E-state index in [1.165, 1.54) is 7.11 Å². The molecule has 1 heterocycles. The summed E-state index contributed by atoms with van der Waals surface area (Å²) in [5.74, 6) is 0.341. The van der Waals surface area contributed by atoms with Crippen molar-refractivity contribution in [1.82, 2.24) is 5.32 Å². The Morgan fingerprint density at radius 1 is 1.11 bits per heavy atom. The van der Waals surface area contributed by atoms with Gasteiger partial charge in [0.1, 0.15) is 5.75 Å². The number of methoxy groups -OCH3 is 1. The summed E-state index contributed by atoms with van der Waals surface area (Å²) in [6.07, 6.45) is 3.68. The van der Waals surface area contributed by atoms with E-state index in [0.717, 1.165) is 24.8 Å². The van der Waals surface area contributed by atoms with Crippen molar-refractivity contribution in [3.8, 4) is 5.75 Å². The second-order valence-electron chi connectivity index (χ2n) is 9.75. The summed E-state index contributed by atoms with van der Waals surface area (Å²) in [4.78, 5) is 20.3. The van der Waals surface area contributed by atoms with Crippen LogP contribution < -0.4 is 10.1 Å². The quantitative estimate of drug-likeness (QED) is 0.302. The van der Waals surface area contributed by atoms with Crippen LogP contribution in [0.15, 0.2) is 52.7 Å². The lowest BCUT2D eigenvalue weighted by atomic mass is 9.87. The lowest BCUT2D eigenvalue weighted by Crippen LogP contribution is -2.50. The molecule has 2 atom stereocenters. The first-order valence-corrected chi connectivity index (χ1v) is 16.3. The smallest absolute Gasteiger partial charge is 0.352 e. The molecule has 0 unspecified atom stereocenters. The van der Waals surface area contributed by atoms with E-state index in [-0.39, 0.29) is 22.4 Å². The molecule has 0 aliphatic carbocycles. The Morgan fingerprint density at radius 3 is 2.30 bits per heavy atom. The van der Waals surface area contributed by atoms with Crippen molar-refractivity contribution in [2.45, 2.75) is 82.7 Å². The molecule has 3 rings (SSSR count). The second kappa shape index (κ2) is 11.8. The van der Waals surface area contributed by atoms with Crippen LogP contribution in [0.25, 0.3) is 5.57 Å². The fraction of sp³-hybridized carbons (Fsp3) is 0.500. The number of hydrogen-bond acceptors (Lipinski definition) is 5. The second-order valence-corrected chi connectivity index (χ2v) is 13.3. The molecule has 7 nitrogen and oxygen atoms in total. The Balaban J connectivity index is 2.40. The number of ether oxygens (including phenoxy) is 1. The minimum absolute atomic E-state index is 0.00264. The molecule has 0 amide bonds. The Hall–Kier alpha value is -1.96. The van der Waals surface area contributed by atoms with E-state index in [2.05, 4.69) is 12.2 Å². The first-order valence-electron chi connectivity index (χ1n) is 13.0. The summed E-state index contributed by atoms with van der Waals surface area (Å²) in [5, 5.41) is 3.75. The zero-order valence-electron chi connectivity index (χ0n) is 22.5. The zero-order valence-corrected chi connectivity index (χ0v) is 24.2. The molecule has 37 heavy (non-hydrogen) atoms. The van der Waals surface area contributed by atoms with Crippen LogP contribution in [0.4, 0.5) is 0 Å². The monoisotopic (exact) mass is 549 g/mol. The molecule has 9 heteroatoms. The summed E-state index contributed by atoms with van der Waals surface area (Å²) in [6.45, 7) is 7.62. The minimum atomic E-state index is -4.55. The van der Waals surface area contributed by atoms with Gasteiger partial charge in [-0.3, -0.25) is 9.88 Å². The number of rotatable bonds is 10. The summed E-state index contributed by atoms with van der Waals surface area (Å²) >= 11 is 0. The van der Waals surface area contributed by atoms with Crippen molar-refractivity contribution >= 4 is 23.0 Å². The maximum absolute atomic E-state index is 14.1. The van der Waals surface area contributed by atoms with E-state index in [4.69, 9.17) is 4.74 Å². The maximum atomic E-state index is 14.1. The molecule has 0 fully saturated rings. The van der Waals surface area contributed by atoms with E-state index >= 15 is 0 Å². The highest BCUT2D eigenvalue weighted by Gasteiger charge is 2.42. The molecule has 0 spiro atoms. The summed E-state index contributed by atoms with van der Waals surface area (Å²) in [6, 6.07) is 12.7. The summed E-state index contributed by atoms with van der Waals surface area (Å²) in [5.41, 5.74) is 1.75. The highest BCUT2D eigenvalue weighted by atomic mass is 32.2. The molecule has 0 saturated heterocycles. The van der Waals surface area contributed by atoms with Crippen molar-refractivity contribution < 1.29 is 27.5 Å². The van der Waals surface area contributed by atoms with E-state index in [1.807, 2.05) is 37.3 Å². The Kier molecular flexibility index (Phi) is 9.46. The molecule has 2 aromatic rings. The molecule has 2 aromatic carbocycles. The molecular weight excluding hydrogens is 509 g/mol. The fourth-order valence-electron chi connectivity index (χ4n) is 5.44. The van der Waals surface area contributed by atoms with Crippen LogP contribution in [0.1, 0.15) is 89.0 Å². The number of sulfone groups is 1. The molecule has 0 aromatic heterocycles. The minimum Gasteiger partial charge on any atom is -0.496 e. The first kappa shape index (κ1) is 29.6. The third-order valence-electron chi connectivity index (χ3n) is 7.43. The molecule has 0 bridgehead atoms. The van der Waals surface area contributed by atoms with Crippen LogP contribution >= 0.6 is 7.60 Å². The molecule has 0 radical (unpaired) electrons. The van der Waals surface area contributed by atoms with E-state index in [1.54, 1.807) is 26.0 Å². The lowest BCUT2D eigenvalue weighted by Gasteiger charge is -2.36. The van der Waals surface area contributed by atoms with Gasteiger partial charge in [-0.15, -0.1) is 0 Å². The first-order chi connectivity index (χ1) is 17.5. The van der Waals surface area contributed by atoms with Crippen molar-refractivity contribution in [1.29, 1.82) is 0 Å². The summed E-state index contributed by atoms with van der Waals surface area (Å²) < 4.78 is 46.2. The van der Waals surface area contributed by atoms with Crippen LogP contribution in [-0.2, 0) is 14.4 Å². The topological polar surface area (TPSA) is 113 Å². The Bertz CT molecular complexity index is 1290. The van der Waals surface area contributed by atoms with Crippen molar-refractivity contribution in [2.24, 2.45) is 0 Å². The van der Waals surface area contributed by atoms with Crippen molar-refractivity contribution in [2.75, 3.05) is 12.9 Å². The predicted octanol–water partition coefficient (Wildman–Crippen LogP) is 6.21. The fourth-order valence-corrected chi connectivity index (χ4v) is 8.63. The van der Waals surface area contributed by atoms with Gasteiger partial charge in [0.15, 0.2) is 9.84 Å². The number of unbranched alkanes of at least 4 members (excludes halogenated alkanes) is 1. The highest BCUT2D eigenvalue weighted by molar-refractivity contribution is 7.91. The van der Waals surface area contributed by atoms with Crippen LogP contribution in [0.3, 0.4) is 0 Å². The normalized spacial score (nSPS) is 22.1. The van der Waals surface area contributed by atoms with E-state index in [9.17, 15) is 22.8 Å². The SMILES string of the molecule is CCCC[C@]1(CC)CS(=O)(=O)c2cc(C(CC)=C(CC)P(=O)(O)O)c(OC)cc2[C@@H](c2ccccc2)N1. The number of hydrogen-bond donors (Lipinski definition) is 3. The largest absolute Gasteiger partial charge is 0.496 e. The van der Waals surface area contributed by atoms with E-state index in [0.29, 0.717) is 35.3 Å². The van der Waals surface area contributed by atoms with Gasteiger partial charge in [-0.2, -0.15) is 0 Å². The van der Waals surface area contributed by atoms with Crippen LogP contribution in [0.5, 0.6) is 5.75 Å². The average molecular weight is 550 g/mol. The van der Waals surface area contributed by atoms with Crippen LogP contribution in [0.2, 0.25) is 0 Å². The van der Waals surface area contributed by atoms with Crippen LogP contribution in [0, 0.1) is 0 Å². The Morgan fingerprint density at radius 2 is 1.78 bits per heavy atom. The van der Waals surface area contributed by atoms with Crippen molar-refractivity contribution in [3.63, 3.8) is 0 Å².